The molecule has 0 saturated heterocycles. The lowest BCUT2D eigenvalue weighted by molar-refractivity contribution is 0.0860. The number of nitrogens with zero attached hydrogens (tertiary/aromatic N) is 3. The standard InChI is InChI=1S/C24H24ClFN4O/c1-14(2)22-28-13-20-24(29-19-4-3-11-27-23(19)30(20)22)9-7-15(8-10-24)21(31)17-12-16(25)5-6-18(17)26/h3-6,11-15,29H,7-10H2,1-2H3. The molecule has 1 saturated carbocycles. The van der Waals surface area contributed by atoms with E-state index in [1.54, 1.807) is 6.20 Å². The second-order valence-electron chi connectivity index (χ2n) is 8.84. The number of rotatable bonds is 3. The molecule has 7 heteroatoms. The van der Waals surface area contributed by atoms with Crippen molar-refractivity contribution in [2.75, 3.05) is 5.32 Å². The van der Waals surface area contributed by atoms with E-state index in [0.717, 1.165) is 35.9 Å². The van der Waals surface area contributed by atoms with E-state index in [-0.39, 0.29) is 28.7 Å². The van der Waals surface area contributed by atoms with E-state index in [9.17, 15) is 9.18 Å². The van der Waals surface area contributed by atoms with Gasteiger partial charge in [-0.1, -0.05) is 25.4 Å². The van der Waals surface area contributed by atoms with Gasteiger partial charge in [-0.15, -0.1) is 0 Å². The molecule has 1 aromatic carbocycles. The number of carbonyl (C=O) groups excluding carboxylic acids is 1. The van der Waals surface area contributed by atoms with E-state index < -0.39 is 5.82 Å². The molecule has 31 heavy (non-hydrogen) atoms. The maximum Gasteiger partial charge on any atom is 0.168 e. The summed E-state index contributed by atoms with van der Waals surface area (Å²) in [5, 5.41) is 4.09. The molecule has 2 aromatic heterocycles. The topological polar surface area (TPSA) is 59.8 Å². The number of aromatic nitrogens is 3. The summed E-state index contributed by atoms with van der Waals surface area (Å²) >= 11 is 6.00. The highest BCUT2D eigenvalue weighted by molar-refractivity contribution is 6.31. The average molecular weight is 439 g/mol. The van der Waals surface area contributed by atoms with Gasteiger partial charge in [-0.25, -0.2) is 14.4 Å². The molecule has 1 N–H and O–H groups in total. The summed E-state index contributed by atoms with van der Waals surface area (Å²) in [6, 6.07) is 8.13. The zero-order valence-corrected chi connectivity index (χ0v) is 18.3. The molecule has 0 bridgehead atoms. The number of halogens is 2. The predicted molar refractivity (Wildman–Crippen MR) is 118 cm³/mol. The van der Waals surface area contributed by atoms with Gasteiger partial charge in [0.1, 0.15) is 11.6 Å². The molecule has 0 atom stereocenters. The number of imidazole rings is 1. The zero-order valence-electron chi connectivity index (χ0n) is 17.5. The Labute approximate surface area is 185 Å². The first-order chi connectivity index (χ1) is 14.9. The van der Waals surface area contributed by atoms with E-state index >= 15 is 0 Å². The van der Waals surface area contributed by atoms with Gasteiger partial charge in [0, 0.05) is 23.1 Å². The number of benzene rings is 1. The number of anilines is 1. The quantitative estimate of drug-likeness (QED) is 0.519. The molecule has 1 aliphatic heterocycles. The summed E-state index contributed by atoms with van der Waals surface area (Å²) in [6.45, 7) is 4.25. The summed E-state index contributed by atoms with van der Waals surface area (Å²) in [5.74, 6) is 1.20. The molecular weight excluding hydrogens is 415 g/mol. The highest BCUT2D eigenvalue weighted by atomic mass is 35.5. The van der Waals surface area contributed by atoms with Gasteiger partial charge in [-0.3, -0.25) is 9.36 Å². The van der Waals surface area contributed by atoms with Gasteiger partial charge in [0.15, 0.2) is 11.6 Å². The van der Waals surface area contributed by atoms with Crippen LogP contribution in [0.15, 0.2) is 42.7 Å². The van der Waals surface area contributed by atoms with Crippen molar-refractivity contribution < 1.29 is 9.18 Å². The number of nitrogens with one attached hydrogen (secondary N) is 1. The summed E-state index contributed by atoms with van der Waals surface area (Å²) in [6.07, 6.45) is 6.57. The predicted octanol–water partition coefficient (Wildman–Crippen LogP) is 5.88. The molecule has 5 rings (SSSR count). The first-order valence-electron chi connectivity index (χ1n) is 10.7. The van der Waals surface area contributed by atoms with Crippen molar-refractivity contribution in [1.82, 2.24) is 14.5 Å². The van der Waals surface area contributed by atoms with Crippen LogP contribution < -0.4 is 5.32 Å². The van der Waals surface area contributed by atoms with Gasteiger partial charge in [-0.05, 0) is 56.0 Å². The molecule has 3 aromatic rings. The molecule has 1 fully saturated rings. The lowest BCUT2D eigenvalue weighted by atomic mass is 9.72. The van der Waals surface area contributed by atoms with Crippen LogP contribution in [0.1, 0.15) is 67.3 Å². The highest BCUT2D eigenvalue weighted by Gasteiger charge is 2.45. The maximum absolute atomic E-state index is 14.3. The SMILES string of the molecule is CC(C)c1ncc2n1-c1ncccc1NC21CCC(C(=O)c2cc(Cl)ccc2F)CC1. The van der Waals surface area contributed by atoms with Crippen molar-refractivity contribution in [3.63, 3.8) is 0 Å². The Balaban J connectivity index is 1.47. The van der Waals surface area contributed by atoms with Crippen LogP contribution >= 0.6 is 11.6 Å². The summed E-state index contributed by atoms with van der Waals surface area (Å²) in [7, 11) is 0. The van der Waals surface area contributed by atoms with Crippen molar-refractivity contribution >= 4 is 23.1 Å². The maximum atomic E-state index is 14.3. The first kappa shape index (κ1) is 20.2. The van der Waals surface area contributed by atoms with E-state index in [0.29, 0.717) is 17.9 Å². The minimum Gasteiger partial charge on any atom is -0.371 e. The molecule has 0 amide bonds. The smallest absolute Gasteiger partial charge is 0.168 e. The fourth-order valence-electron chi connectivity index (χ4n) is 4.99. The van der Waals surface area contributed by atoms with Crippen molar-refractivity contribution in [3.8, 4) is 5.82 Å². The van der Waals surface area contributed by atoms with Crippen LogP contribution in [0.4, 0.5) is 10.1 Å². The third-order valence-corrected chi connectivity index (χ3v) is 6.81. The van der Waals surface area contributed by atoms with Crippen molar-refractivity contribution in [2.24, 2.45) is 5.92 Å². The number of Topliss-reactive ketones (excluding diaryl/α,β-unsaturated/α-hetero) is 1. The number of hydrogen-bond acceptors (Lipinski definition) is 4. The Morgan fingerprint density at radius 2 is 2.03 bits per heavy atom. The molecule has 1 aliphatic carbocycles. The molecule has 5 nitrogen and oxygen atoms in total. The lowest BCUT2D eigenvalue weighted by Gasteiger charge is -2.44. The molecule has 0 unspecified atom stereocenters. The molecule has 1 spiro atoms. The number of carbonyl (C=O) groups is 1. The zero-order chi connectivity index (χ0) is 21.8. The van der Waals surface area contributed by atoms with E-state index in [1.165, 1.54) is 18.2 Å². The van der Waals surface area contributed by atoms with Gasteiger partial charge in [-0.2, -0.15) is 0 Å². The largest absolute Gasteiger partial charge is 0.371 e. The number of ketones is 1. The Hall–Kier alpha value is -2.73. The lowest BCUT2D eigenvalue weighted by Crippen LogP contribution is -2.45. The number of pyridine rings is 1. The number of hydrogen-bond donors (Lipinski definition) is 1. The van der Waals surface area contributed by atoms with Crippen LogP contribution in [0, 0.1) is 11.7 Å². The molecular formula is C24H24ClFN4O. The van der Waals surface area contributed by atoms with Gasteiger partial charge < -0.3 is 5.32 Å². The van der Waals surface area contributed by atoms with Gasteiger partial charge in [0.05, 0.1) is 28.7 Å². The second-order valence-corrected chi connectivity index (χ2v) is 9.27. The van der Waals surface area contributed by atoms with Crippen LogP contribution in [0.5, 0.6) is 0 Å². The van der Waals surface area contributed by atoms with Crippen molar-refractivity contribution in [1.29, 1.82) is 0 Å². The van der Waals surface area contributed by atoms with Crippen molar-refractivity contribution in [3.05, 3.63) is 70.6 Å². The van der Waals surface area contributed by atoms with Crippen LogP contribution in [-0.4, -0.2) is 20.3 Å². The molecule has 160 valence electrons. The van der Waals surface area contributed by atoms with E-state index in [4.69, 9.17) is 16.6 Å². The van der Waals surface area contributed by atoms with Crippen LogP contribution in [0.25, 0.3) is 5.82 Å². The van der Waals surface area contributed by atoms with Crippen LogP contribution in [-0.2, 0) is 5.54 Å². The van der Waals surface area contributed by atoms with Gasteiger partial charge >= 0.3 is 0 Å². The van der Waals surface area contributed by atoms with E-state index in [2.05, 4.69) is 28.7 Å². The van der Waals surface area contributed by atoms with Crippen LogP contribution in [0.3, 0.4) is 0 Å². The Kier molecular flexibility index (Phi) is 4.85. The molecule has 3 heterocycles. The van der Waals surface area contributed by atoms with Crippen molar-refractivity contribution in [2.45, 2.75) is 51.0 Å². The van der Waals surface area contributed by atoms with Gasteiger partial charge in [0.2, 0.25) is 0 Å². The highest BCUT2D eigenvalue weighted by Crippen LogP contribution is 2.47. The minimum absolute atomic E-state index is 0.0896. The second kappa shape index (κ2) is 7.45. The summed E-state index contributed by atoms with van der Waals surface area (Å²) in [4.78, 5) is 22.4. The normalized spacial score (nSPS) is 22.2. The minimum atomic E-state index is -0.509. The summed E-state index contributed by atoms with van der Waals surface area (Å²) < 4.78 is 16.4. The molecule has 2 aliphatic rings. The molecule has 0 radical (unpaired) electrons. The fraction of sp³-hybridized carbons (Fsp3) is 0.375. The Morgan fingerprint density at radius 1 is 1.26 bits per heavy atom. The Morgan fingerprint density at radius 3 is 2.77 bits per heavy atom. The first-order valence-corrected chi connectivity index (χ1v) is 11.1. The summed E-state index contributed by atoms with van der Waals surface area (Å²) in [5.41, 5.74) is 1.83. The van der Waals surface area contributed by atoms with Gasteiger partial charge in [0.25, 0.3) is 0 Å². The van der Waals surface area contributed by atoms with Crippen LogP contribution in [0.2, 0.25) is 5.02 Å². The fourth-order valence-corrected chi connectivity index (χ4v) is 5.16. The number of fused-ring (bicyclic) bond motifs is 4. The monoisotopic (exact) mass is 438 g/mol. The Bertz CT molecular complexity index is 1160. The van der Waals surface area contributed by atoms with E-state index in [1.807, 2.05) is 18.3 Å². The average Bonchev–Trinajstić information content (AvgIpc) is 3.23. The third kappa shape index (κ3) is 3.24. The third-order valence-electron chi connectivity index (χ3n) is 6.57.